The zero-order valence-electron chi connectivity index (χ0n) is 17.3. The summed E-state index contributed by atoms with van der Waals surface area (Å²) >= 11 is 9.66. The van der Waals surface area contributed by atoms with Crippen LogP contribution in [0.4, 0.5) is 5.82 Å². The van der Waals surface area contributed by atoms with Gasteiger partial charge < -0.3 is 15.2 Å². The van der Waals surface area contributed by atoms with Crippen LogP contribution >= 0.6 is 27.5 Å². The maximum atomic E-state index is 12.9. The summed E-state index contributed by atoms with van der Waals surface area (Å²) in [6.45, 7) is 1.22. The Hall–Kier alpha value is -3.41. The maximum Gasteiger partial charge on any atom is 0.255 e. The van der Waals surface area contributed by atoms with Crippen molar-refractivity contribution in [3.63, 3.8) is 0 Å². The van der Waals surface area contributed by atoms with Crippen molar-refractivity contribution in [3.05, 3.63) is 69.7 Å². The minimum atomic E-state index is -0.310. The number of halogens is 2. The molecule has 9 heteroatoms. The highest BCUT2D eigenvalue weighted by atomic mass is 79.9. The van der Waals surface area contributed by atoms with E-state index in [2.05, 4.69) is 47.1 Å². The molecule has 164 valence electrons. The Bertz CT molecular complexity index is 1450. The fourth-order valence-corrected chi connectivity index (χ4v) is 4.51. The minimum absolute atomic E-state index is 0.0481. The summed E-state index contributed by atoms with van der Waals surface area (Å²) < 4.78 is 0.677. The van der Waals surface area contributed by atoms with E-state index >= 15 is 0 Å². The molecule has 0 saturated heterocycles. The molecule has 0 spiro atoms. The fourth-order valence-electron chi connectivity index (χ4n) is 3.83. The van der Waals surface area contributed by atoms with Gasteiger partial charge in [0.2, 0.25) is 0 Å². The second-order valence-corrected chi connectivity index (χ2v) is 8.93. The van der Waals surface area contributed by atoms with Crippen LogP contribution in [0.1, 0.15) is 28.6 Å². The summed E-state index contributed by atoms with van der Waals surface area (Å²) in [4.78, 5) is 31.5. The average Bonchev–Trinajstić information content (AvgIpc) is 3.48. The van der Waals surface area contributed by atoms with Gasteiger partial charge in [0, 0.05) is 34.4 Å². The number of fused-ring (bicyclic) bond motifs is 2. The van der Waals surface area contributed by atoms with Crippen LogP contribution < -0.4 is 5.32 Å². The third kappa shape index (κ3) is 4.17. The van der Waals surface area contributed by atoms with Gasteiger partial charge >= 0.3 is 0 Å². The van der Waals surface area contributed by atoms with E-state index in [1.807, 2.05) is 30.4 Å². The number of imidazole rings is 1. The molecule has 2 N–H and O–H groups in total. The van der Waals surface area contributed by atoms with Crippen molar-refractivity contribution < 1.29 is 4.79 Å². The second-order valence-electron chi connectivity index (χ2n) is 7.64. The molecule has 7 nitrogen and oxygen atoms in total. The molecule has 0 aliphatic carbocycles. The quantitative estimate of drug-likeness (QED) is 0.281. The Kier molecular flexibility index (Phi) is 5.75. The van der Waals surface area contributed by atoms with Gasteiger partial charge in [-0.1, -0.05) is 23.8 Å². The van der Waals surface area contributed by atoms with Crippen molar-refractivity contribution in [2.24, 2.45) is 0 Å². The Morgan fingerprint density at radius 3 is 2.85 bits per heavy atom. The molecule has 0 bridgehead atoms. The predicted molar refractivity (Wildman–Crippen MR) is 133 cm³/mol. The molecule has 33 heavy (non-hydrogen) atoms. The van der Waals surface area contributed by atoms with E-state index in [1.54, 1.807) is 17.0 Å². The van der Waals surface area contributed by atoms with Crippen LogP contribution in [0.15, 0.2) is 53.3 Å². The first kappa shape index (κ1) is 21.4. The minimum Gasteiger partial charge on any atom is -0.359 e. The number of rotatable bonds is 5. The Balaban J connectivity index is 1.50. The number of amides is 1. The van der Waals surface area contributed by atoms with Crippen LogP contribution in [0.3, 0.4) is 0 Å². The molecular formula is C24H18BrClN6O. The van der Waals surface area contributed by atoms with Crippen molar-refractivity contribution in [1.82, 2.24) is 24.8 Å². The standard InChI is InChI=1S/C24H18BrClN6O/c1-2-5-19(23-29-18-7-6-14(26)10-21(18)31-23)30-22-16-11-17(25)15(12-20(16)27-13-28-22)24(33)32-8-3-4-9-32/h1,3-4,6-7,10-13,19H,5,8-9H2,(H,29,31)(H,27,28,30)/t19-/m0/s1. The van der Waals surface area contributed by atoms with E-state index in [9.17, 15) is 4.79 Å². The lowest BCUT2D eigenvalue weighted by molar-refractivity contribution is 0.0799. The van der Waals surface area contributed by atoms with E-state index < -0.39 is 0 Å². The normalized spacial score (nSPS) is 14.0. The smallest absolute Gasteiger partial charge is 0.255 e. The van der Waals surface area contributed by atoms with Gasteiger partial charge in [0.25, 0.3) is 5.91 Å². The number of H-pyrrole nitrogens is 1. The van der Waals surface area contributed by atoms with Crippen molar-refractivity contribution in [1.29, 1.82) is 0 Å². The topological polar surface area (TPSA) is 86.8 Å². The van der Waals surface area contributed by atoms with Gasteiger partial charge in [-0.3, -0.25) is 4.79 Å². The molecule has 2 aromatic carbocycles. The van der Waals surface area contributed by atoms with Gasteiger partial charge in [0.1, 0.15) is 18.0 Å². The summed E-state index contributed by atoms with van der Waals surface area (Å²) in [7, 11) is 0. The third-order valence-corrected chi connectivity index (χ3v) is 6.38. The van der Waals surface area contributed by atoms with Gasteiger partial charge in [-0.2, -0.15) is 0 Å². The number of aromatic amines is 1. The number of nitrogens with one attached hydrogen (secondary N) is 2. The first-order chi connectivity index (χ1) is 16.0. The highest BCUT2D eigenvalue weighted by molar-refractivity contribution is 9.10. The lowest BCUT2D eigenvalue weighted by atomic mass is 10.1. The van der Waals surface area contributed by atoms with Crippen LogP contribution in [0.2, 0.25) is 5.02 Å². The molecule has 1 amide bonds. The molecule has 3 heterocycles. The van der Waals surface area contributed by atoms with E-state index in [4.69, 9.17) is 18.0 Å². The lowest BCUT2D eigenvalue weighted by Crippen LogP contribution is -2.28. The number of hydrogen-bond acceptors (Lipinski definition) is 5. The molecule has 1 aliphatic heterocycles. The van der Waals surface area contributed by atoms with Crippen LogP contribution in [-0.2, 0) is 0 Å². The lowest BCUT2D eigenvalue weighted by Gasteiger charge is -2.18. The molecule has 0 saturated carbocycles. The molecule has 1 aliphatic rings. The number of anilines is 1. The maximum absolute atomic E-state index is 12.9. The third-order valence-electron chi connectivity index (χ3n) is 5.49. The molecule has 0 fully saturated rings. The van der Waals surface area contributed by atoms with Crippen LogP contribution in [0.5, 0.6) is 0 Å². The van der Waals surface area contributed by atoms with Crippen LogP contribution in [0, 0.1) is 12.3 Å². The summed E-state index contributed by atoms with van der Waals surface area (Å²) in [6, 6.07) is 8.83. The number of aromatic nitrogens is 4. The van der Waals surface area contributed by atoms with E-state index in [0.717, 1.165) is 16.4 Å². The molecule has 0 radical (unpaired) electrons. The fraction of sp³-hybridized carbons (Fsp3) is 0.167. The van der Waals surface area contributed by atoms with E-state index in [0.29, 0.717) is 51.7 Å². The largest absolute Gasteiger partial charge is 0.359 e. The van der Waals surface area contributed by atoms with Gasteiger partial charge in [-0.05, 0) is 46.3 Å². The molecule has 1 atom stereocenters. The SMILES string of the molecule is C#CC[C@H](Nc1ncnc2cc(C(=O)N3CC=CC3)c(Br)cc12)c1nc2cc(Cl)ccc2[nH]1. The molecular weight excluding hydrogens is 504 g/mol. The van der Waals surface area contributed by atoms with Gasteiger partial charge in [0.05, 0.1) is 28.2 Å². The predicted octanol–water partition coefficient (Wildman–Crippen LogP) is 5.11. The van der Waals surface area contributed by atoms with Crippen LogP contribution in [0.25, 0.3) is 21.9 Å². The van der Waals surface area contributed by atoms with E-state index in [1.165, 1.54) is 6.33 Å². The monoisotopic (exact) mass is 520 g/mol. The highest BCUT2D eigenvalue weighted by Gasteiger charge is 2.22. The Labute approximate surface area is 203 Å². The summed E-state index contributed by atoms with van der Waals surface area (Å²) in [6.07, 6.45) is 11.5. The first-order valence-corrected chi connectivity index (χ1v) is 11.4. The molecule has 4 aromatic rings. The van der Waals surface area contributed by atoms with Gasteiger partial charge in [-0.25, -0.2) is 15.0 Å². The number of benzene rings is 2. The number of nitrogens with zero attached hydrogens (tertiary/aromatic N) is 4. The average molecular weight is 522 g/mol. The Morgan fingerprint density at radius 1 is 1.24 bits per heavy atom. The zero-order valence-corrected chi connectivity index (χ0v) is 19.7. The highest BCUT2D eigenvalue weighted by Crippen LogP contribution is 2.31. The van der Waals surface area contributed by atoms with Gasteiger partial charge in [0.15, 0.2) is 0 Å². The first-order valence-electron chi connectivity index (χ1n) is 10.3. The zero-order chi connectivity index (χ0) is 22.9. The Morgan fingerprint density at radius 2 is 2.06 bits per heavy atom. The van der Waals surface area contributed by atoms with Crippen molar-refractivity contribution in [3.8, 4) is 12.3 Å². The number of terminal acetylenes is 1. The number of hydrogen-bond donors (Lipinski definition) is 2. The summed E-state index contributed by atoms with van der Waals surface area (Å²) in [5, 5.41) is 4.78. The van der Waals surface area contributed by atoms with Crippen molar-refractivity contribution in [2.45, 2.75) is 12.5 Å². The van der Waals surface area contributed by atoms with Crippen molar-refractivity contribution >= 4 is 61.2 Å². The second kappa shape index (κ2) is 8.85. The molecule has 2 aromatic heterocycles. The van der Waals surface area contributed by atoms with E-state index in [-0.39, 0.29) is 11.9 Å². The van der Waals surface area contributed by atoms with Gasteiger partial charge in [-0.15, -0.1) is 12.3 Å². The number of carbonyl (C=O) groups excluding carboxylic acids is 1. The molecule has 5 rings (SSSR count). The van der Waals surface area contributed by atoms with Crippen molar-refractivity contribution in [2.75, 3.05) is 18.4 Å². The van der Waals surface area contributed by atoms with Crippen LogP contribution in [-0.4, -0.2) is 43.8 Å². The summed E-state index contributed by atoms with van der Waals surface area (Å²) in [5.41, 5.74) is 2.84. The molecule has 0 unspecified atom stereocenters. The summed E-state index contributed by atoms with van der Waals surface area (Å²) in [5.74, 6) is 3.93. The number of carbonyl (C=O) groups is 1.